The third-order valence-corrected chi connectivity index (χ3v) is 7.51. The van der Waals surface area contributed by atoms with Gasteiger partial charge in [-0.05, 0) is 86.0 Å². The van der Waals surface area contributed by atoms with Crippen LogP contribution in [0, 0.1) is 5.41 Å². The minimum atomic E-state index is -0.350. The van der Waals surface area contributed by atoms with E-state index in [1.54, 1.807) is 4.52 Å². The van der Waals surface area contributed by atoms with Crippen molar-refractivity contribution < 1.29 is 14.3 Å². The summed E-state index contributed by atoms with van der Waals surface area (Å²) in [5, 5.41) is 12.9. The number of nitrogens with zero attached hydrogens (tertiary/aromatic N) is 6. The van der Waals surface area contributed by atoms with E-state index in [0.29, 0.717) is 5.70 Å². The maximum absolute atomic E-state index is 13.4. The van der Waals surface area contributed by atoms with Gasteiger partial charge in [0.2, 0.25) is 5.91 Å². The Labute approximate surface area is 191 Å². The smallest absolute Gasteiger partial charge is 0.333 e. The fourth-order valence-corrected chi connectivity index (χ4v) is 5.75. The molecular weight excluding hydrogens is 420 g/mol. The van der Waals surface area contributed by atoms with Gasteiger partial charge in [0, 0.05) is 24.0 Å². The number of cyclic esters (lactones) is 1. The number of hydrogen-bond donors (Lipinski definition) is 0. The molecule has 2 fully saturated rings. The molecule has 0 radical (unpaired) electrons. The maximum Gasteiger partial charge on any atom is 0.333 e. The molecule has 6 rings (SSSR count). The lowest BCUT2D eigenvalue weighted by atomic mass is 9.76. The molecule has 3 aliphatic rings. The molecule has 3 aliphatic heterocycles. The van der Waals surface area contributed by atoms with E-state index in [-0.39, 0.29) is 29.9 Å². The molecule has 5 heterocycles. The number of piperidine rings is 1. The third kappa shape index (κ3) is 3.38. The van der Waals surface area contributed by atoms with Crippen molar-refractivity contribution in [3.05, 3.63) is 47.7 Å². The van der Waals surface area contributed by atoms with Crippen molar-refractivity contribution in [2.45, 2.75) is 38.6 Å². The summed E-state index contributed by atoms with van der Waals surface area (Å²) < 4.78 is 6.80. The van der Waals surface area contributed by atoms with E-state index in [1.807, 2.05) is 11.0 Å². The number of benzene rings is 1. The molecule has 0 aliphatic carbocycles. The zero-order valence-electron chi connectivity index (χ0n) is 18.6. The van der Waals surface area contributed by atoms with Crippen LogP contribution in [0.2, 0.25) is 0 Å². The van der Waals surface area contributed by atoms with E-state index in [2.05, 4.69) is 51.6 Å². The monoisotopic (exact) mass is 446 g/mol. The summed E-state index contributed by atoms with van der Waals surface area (Å²) in [5.74, 6) is -0.181. The Hall–Kier alpha value is -3.33. The van der Waals surface area contributed by atoms with Gasteiger partial charge < -0.3 is 14.5 Å². The third-order valence-electron chi connectivity index (χ3n) is 7.51. The van der Waals surface area contributed by atoms with Gasteiger partial charge in [0.1, 0.15) is 6.61 Å². The quantitative estimate of drug-likeness (QED) is 0.566. The number of rotatable bonds is 4. The lowest BCUT2D eigenvalue weighted by Crippen LogP contribution is -2.45. The van der Waals surface area contributed by atoms with Crippen LogP contribution in [0.3, 0.4) is 0 Å². The largest absolute Gasteiger partial charge is 0.456 e. The van der Waals surface area contributed by atoms with Crippen molar-refractivity contribution in [3.63, 3.8) is 0 Å². The number of carbonyl (C=O) groups is 2. The van der Waals surface area contributed by atoms with Crippen LogP contribution in [0.5, 0.6) is 0 Å². The second-order valence-electron chi connectivity index (χ2n) is 9.52. The first-order valence-electron chi connectivity index (χ1n) is 11.6. The molecule has 9 heteroatoms. The number of esters is 1. The lowest BCUT2D eigenvalue weighted by Gasteiger charge is -2.38. The topological polar surface area (TPSA) is 92.9 Å². The van der Waals surface area contributed by atoms with Crippen LogP contribution >= 0.6 is 0 Å². The minimum Gasteiger partial charge on any atom is -0.456 e. The van der Waals surface area contributed by atoms with Crippen LogP contribution < -0.4 is 0 Å². The van der Waals surface area contributed by atoms with Crippen LogP contribution in [-0.4, -0.2) is 74.0 Å². The second-order valence-corrected chi connectivity index (χ2v) is 9.52. The first-order valence-corrected chi connectivity index (χ1v) is 11.6. The number of aromatic nitrogens is 4. The summed E-state index contributed by atoms with van der Waals surface area (Å²) >= 11 is 0. The van der Waals surface area contributed by atoms with E-state index in [9.17, 15) is 9.59 Å². The van der Waals surface area contributed by atoms with Gasteiger partial charge in [-0.15, -0.1) is 5.10 Å². The van der Waals surface area contributed by atoms with Crippen molar-refractivity contribution in [1.29, 1.82) is 0 Å². The van der Waals surface area contributed by atoms with Crippen molar-refractivity contribution >= 4 is 28.4 Å². The van der Waals surface area contributed by atoms with Gasteiger partial charge in [-0.3, -0.25) is 4.79 Å². The van der Waals surface area contributed by atoms with E-state index >= 15 is 0 Å². The molecule has 0 saturated carbocycles. The first kappa shape index (κ1) is 20.3. The summed E-state index contributed by atoms with van der Waals surface area (Å²) in [6.07, 6.45) is 5.00. The Morgan fingerprint density at radius 3 is 2.79 bits per heavy atom. The molecule has 9 nitrogen and oxygen atoms in total. The van der Waals surface area contributed by atoms with Crippen LogP contribution in [0.1, 0.15) is 31.7 Å². The van der Waals surface area contributed by atoms with Gasteiger partial charge in [0.05, 0.1) is 16.6 Å². The highest BCUT2D eigenvalue weighted by atomic mass is 16.5. The number of pyridine rings is 1. The average molecular weight is 447 g/mol. The predicted octanol–water partition coefficient (Wildman–Crippen LogP) is 1.96. The fraction of sp³-hybridized carbons (Fsp3) is 0.458. The zero-order valence-corrected chi connectivity index (χ0v) is 18.6. The molecule has 0 N–H and O–H groups in total. The summed E-state index contributed by atoms with van der Waals surface area (Å²) in [4.78, 5) is 29.1. The molecule has 1 aromatic carbocycles. The van der Waals surface area contributed by atoms with Crippen molar-refractivity contribution in [2.24, 2.45) is 5.41 Å². The average Bonchev–Trinajstić information content (AvgIpc) is 3.52. The van der Waals surface area contributed by atoms with E-state index in [0.717, 1.165) is 61.9 Å². The number of amides is 1. The zero-order chi connectivity index (χ0) is 22.6. The van der Waals surface area contributed by atoms with Crippen molar-refractivity contribution in [2.75, 3.05) is 26.2 Å². The number of tetrazole rings is 1. The van der Waals surface area contributed by atoms with Crippen LogP contribution in [0.4, 0.5) is 0 Å². The van der Waals surface area contributed by atoms with E-state index in [4.69, 9.17) is 4.74 Å². The maximum atomic E-state index is 13.4. The summed E-state index contributed by atoms with van der Waals surface area (Å²) in [7, 11) is 0. The molecule has 33 heavy (non-hydrogen) atoms. The van der Waals surface area contributed by atoms with Gasteiger partial charge >= 0.3 is 5.97 Å². The lowest BCUT2D eigenvalue weighted by molar-refractivity contribution is -0.138. The Morgan fingerprint density at radius 2 is 2.00 bits per heavy atom. The van der Waals surface area contributed by atoms with E-state index < -0.39 is 0 Å². The molecule has 170 valence electrons. The minimum absolute atomic E-state index is 0.106. The number of carbonyl (C=O) groups excluding carboxylic acids is 2. The normalized spacial score (nSPS) is 23.1. The Balaban J connectivity index is 1.10. The van der Waals surface area contributed by atoms with Gasteiger partial charge in [-0.1, -0.05) is 6.07 Å². The predicted molar refractivity (Wildman–Crippen MR) is 120 cm³/mol. The van der Waals surface area contributed by atoms with Gasteiger partial charge in [0.15, 0.2) is 5.65 Å². The SMILES string of the molecule is CC1CC2(CCN(CCc3ccc4c(ccc5nnnn54)c3)CC2)C(=O)N1C1=CC(=O)OC1. The standard InChI is InChI=1S/C24H26N6O3/c1-16-14-24(23(32)29(16)19-13-22(31)33-15-19)7-10-28(11-8-24)9-6-17-2-4-20-18(12-17)3-5-21-25-26-27-30(20)21/h2-5,12-13,16H,6-11,14-15H2,1H3. The molecule has 1 unspecified atom stereocenters. The Morgan fingerprint density at radius 1 is 1.15 bits per heavy atom. The highest BCUT2D eigenvalue weighted by Gasteiger charge is 2.52. The van der Waals surface area contributed by atoms with Crippen LogP contribution in [-0.2, 0) is 20.7 Å². The highest BCUT2D eigenvalue weighted by molar-refractivity contribution is 5.91. The molecule has 2 aromatic heterocycles. The Kier molecular flexibility index (Phi) is 4.69. The van der Waals surface area contributed by atoms with Gasteiger partial charge in [-0.25, -0.2) is 4.79 Å². The first-order chi connectivity index (χ1) is 16.0. The molecule has 1 atom stereocenters. The molecule has 1 spiro atoms. The van der Waals surface area contributed by atoms with Crippen LogP contribution in [0.15, 0.2) is 42.1 Å². The second kappa shape index (κ2) is 7.62. The number of hydrogen-bond acceptors (Lipinski definition) is 7. The fourth-order valence-electron chi connectivity index (χ4n) is 5.75. The summed E-state index contributed by atoms with van der Waals surface area (Å²) in [6.45, 7) is 5.09. The number of likely N-dealkylation sites (tertiary alicyclic amines) is 2. The number of ether oxygens (including phenoxy) is 1. The van der Waals surface area contributed by atoms with Crippen LogP contribution in [0.25, 0.3) is 16.6 Å². The molecule has 3 aromatic rings. The van der Waals surface area contributed by atoms with Crippen molar-refractivity contribution in [1.82, 2.24) is 29.8 Å². The van der Waals surface area contributed by atoms with E-state index in [1.165, 1.54) is 11.6 Å². The van der Waals surface area contributed by atoms with Crippen molar-refractivity contribution in [3.8, 4) is 0 Å². The molecule has 0 bridgehead atoms. The van der Waals surface area contributed by atoms with Gasteiger partial charge in [-0.2, -0.15) is 4.52 Å². The van der Waals surface area contributed by atoms with Gasteiger partial charge in [0.25, 0.3) is 0 Å². The molecular formula is C24H26N6O3. The number of fused-ring (bicyclic) bond motifs is 3. The Bertz CT molecular complexity index is 1290. The summed E-state index contributed by atoms with van der Waals surface area (Å²) in [5.41, 5.74) is 3.44. The molecule has 1 amide bonds. The summed E-state index contributed by atoms with van der Waals surface area (Å²) in [6, 6.07) is 10.5. The highest BCUT2D eigenvalue weighted by Crippen LogP contribution is 2.46. The molecule has 2 saturated heterocycles.